The number of nitrogens with two attached hydrogens (primary N) is 1. The van der Waals surface area contributed by atoms with E-state index in [1.54, 1.807) is 11.3 Å². The number of rotatable bonds is 3. The number of hydrazine groups is 1. The van der Waals surface area contributed by atoms with Crippen LogP contribution >= 0.6 is 11.3 Å². The molecule has 0 saturated heterocycles. The average Bonchev–Trinajstić information content (AvgIpc) is 3.16. The van der Waals surface area contributed by atoms with Gasteiger partial charge in [0, 0.05) is 4.70 Å². The summed E-state index contributed by atoms with van der Waals surface area (Å²) in [5.41, 5.74) is 8.54. The summed E-state index contributed by atoms with van der Waals surface area (Å²) in [6.45, 7) is 0. The Labute approximate surface area is 128 Å². The summed E-state index contributed by atoms with van der Waals surface area (Å²) >= 11 is 1.78. The van der Waals surface area contributed by atoms with E-state index in [0.29, 0.717) is 0 Å². The van der Waals surface area contributed by atoms with E-state index in [1.165, 1.54) is 51.6 Å². The van der Waals surface area contributed by atoms with Crippen molar-refractivity contribution in [3.8, 4) is 0 Å². The molecule has 1 heterocycles. The molecular formula is C18H18N2S. The molecule has 0 bridgehead atoms. The summed E-state index contributed by atoms with van der Waals surface area (Å²) in [6.07, 6.45) is 3.69. The smallest absolute Gasteiger partial charge is 0.0724 e. The summed E-state index contributed by atoms with van der Waals surface area (Å²) in [5.74, 6) is 5.90. The number of benzene rings is 2. The molecule has 0 fully saturated rings. The van der Waals surface area contributed by atoms with E-state index in [0.717, 1.165) is 0 Å². The lowest BCUT2D eigenvalue weighted by Gasteiger charge is -2.19. The van der Waals surface area contributed by atoms with Gasteiger partial charge in [0.1, 0.15) is 0 Å². The monoisotopic (exact) mass is 294 g/mol. The Bertz CT molecular complexity index is 791. The van der Waals surface area contributed by atoms with Gasteiger partial charge in [-0.25, -0.2) is 5.43 Å². The molecule has 3 aromatic rings. The molecule has 106 valence electrons. The molecule has 3 N–H and O–H groups in total. The number of thiophene rings is 1. The van der Waals surface area contributed by atoms with Crippen LogP contribution in [0.3, 0.4) is 0 Å². The predicted octanol–water partition coefficient (Wildman–Crippen LogP) is 3.94. The molecule has 4 rings (SSSR count). The highest BCUT2D eigenvalue weighted by Crippen LogP contribution is 2.33. The fourth-order valence-corrected chi connectivity index (χ4v) is 4.33. The van der Waals surface area contributed by atoms with E-state index in [2.05, 4.69) is 53.3 Å². The molecule has 1 aliphatic carbocycles. The molecule has 0 spiro atoms. The molecule has 3 heteroatoms. The second-order valence-corrected chi connectivity index (χ2v) is 6.58. The highest BCUT2D eigenvalue weighted by Gasteiger charge is 2.18. The SMILES string of the molecule is NNC(c1ccc2c(c1)CCC2)c1cccc2ccsc12. The normalized spacial score (nSPS) is 15.3. The zero-order valence-corrected chi connectivity index (χ0v) is 12.6. The van der Waals surface area contributed by atoms with Crippen LogP contribution in [0.5, 0.6) is 0 Å². The van der Waals surface area contributed by atoms with Gasteiger partial charge in [-0.1, -0.05) is 36.4 Å². The van der Waals surface area contributed by atoms with Crippen molar-refractivity contribution >= 4 is 21.4 Å². The maximum absolute atomic E-state index is 5.90. The minimum absolute atomic E-state index is 0.0539. The van der Waals surface area contributed by atoms with E-state index in [1.807, 2.05) is 0 Å². The average molecular weight is 294 g/mol. The Morgan fingerprint density at radius 3 is 2.86 bits per heavy atom. The summed E-state index contributed by atoms with van der Waals surface area (Å²) in [4.78, 5) is 0. The Hall–Kier alpha value is -1.68. The third kappa shape index (κ3) is 2.18. The van der Waals surface area contributed by atoms with E-state index in [9.17, 15) is 0 Å². The number of fused-ring (bicyclic) bond motifs is 2. The maximum Gasteiger partial charge on any atom is 0.0724 e. The Balaban J connectivity index is 1.83. The Morgan fingerprint density at radius 2 is 1.95 bits per heavy atom. The van der Waals surface area contributed by atoms with Crippen LogP contribution in [0.2, 0.25) is 0 Å². The molecule has 1 aromatic heterocycles. The van der Waals surface area contributed by atoms with Gasteiger partial charge >= 0.3 is 0 Å². The number of nitrogens with one attached hydrogen (secondary N) is 1. The van der Waals surface area contributed by atoms with Crippen molar-refractivity contribution in [3.05, 3.63) is 70.1 Å². The van der Waals surface area contributed by atoms with Crippen molar-refractivity contribution in [1.29, 1.82) is 0 Å². The fourth-order valence-electron chi connectivity index (χ4n) is 3.38. The summed E-state index contributed by atoms with van der Waals surface area (Å²) < 4.78 is 1.32. The first-order chi connectivity index (χ1) is 10.4. The van der Waals surface area contributed by atoms with Gasteiger partial charge in [0.2, 0.25) is 0 Å². The van der Waals surface area contributed by atoms with E-state index in [-0.39, 0.29) is 6.04 Å². The van der Waals surface area contributed by atoms with Crippen LogP contribution in [0.15, 0.2) is 47.8 Å². The van der Waals surface area contributed by atoms with Crippen molar-refractivity contribution in [3.63, 3.8) is 0 Å². The summed E-state index contributed by atoms with van der Waals surface area (Å²) in [5, 5.41) is 3.43. The van der Waals surface area contributed by atoms with E-state index >= 15 is 0 Å². The van der Waals surface area contributed by atoms with Crippen molar-refractivity contribution in [2.24, 2.45) is 5.84 Å². The fraction of sp³-hybridized carbons (Fsp3) is 0.222. The third-order valence-electron chi connectivity index (χ3n) is 4.44. The lowest BCUT2D eigenvalue weighted by molar-refractivity contribution is 0.641. The predicted molar refractivity (Wildman–Crippen MR) is 89.5 cm³/mol. The van der Waals surface area contributed by atoms with Gasteiger partial charge in [-0.05, 0) is 58.3 Å². The zero-order valence-electron chi connectivity index (χ0n) is 11.8. The first kappa shape index (κ1) is 13.0. The van der Waals surface area contributed by atoms with Gasteiger partial charge in [0.15, 0.2) is 0 Å². The van der Waals surface area contributed by atoms with Crippen molar-refractivity contribution in [2.45, 2.75) is 25.3 Å². The van der Waals surface area contributed by atoms with Crippen LogP contribution in [0.25, 0.3) is 10.1 Å². The van der Waals surface area contributed by atoms with E-state index < -0.39 is 0 Å². The topological polar surface area (TPSA) is 38.0 Å². The first-order valence-electron chi connectivity index (χ1n) is 7.41. The van der Waals surface area contributed by atoms with Crippen LogP contribution in [-0.4, -0.2) is 0 Å². The minimum Gasteiger partial charge on any atom is -0.271 e. The lowest BCUT2D eigenvalue weighted by Crippen LogP contribution is -2.29. The van der Waals surface area contributed by atoms with Crippen molar-refractivity contribution in [2.75, 3.05) is 0 Å². The highest BCUT2D eigenvalue weighted by atomic mass is 32.1. The largest absolute Gasteiger partial charge is 0.271 e. The number of aryl methyl sites for hydroxylation is 2. The lowest BCUT2D eigenvalue weighted by atomic mass is 9.95. The molecule has 1 aliphatic rings. The molecule has 0 radical (unpaired) electrons. The summed E-state index contributed by atoms with van der Waals surface area (Å²) in [7, 11) is 0. The maximum atomic E-state index is 5.90. The van der Waals surface area contributed by atoms with Crippen molar-refractivity contribution in [1.82, 2.24) is 5.43 Å². The zero-order chi connectivity index (χ0) is 14.2. The molecule has 0 amide bonds. The molecule has 2 nitrogen and oxygen atoms in total. The second-order valence-electron chi connectivity index (χ2n) is 5.67. The molecular weight excluding hydrogens is 276 g/mol. The van der Waals surface area contributed by atoms with Crippen LogP contribution in [-0.2, 0) is 12.8 Å². The van der Waals surface area contributed by atoms with Crippen LogP contribution < -0.4 is 11.3 Å². The van der Waals surface area contributed by atoms with Gasteiger partial charge in [-0.15, -0.1) is 11.3 Å². The molecule has 1 atom stereocenters. The van der Waals surface area contributed by atoms with Crippen LogP contribution in [0.1, 0.15) is 34.7 Å². The van der Waals surface area contributed by atoms with Crippen LogP contribution in [0, 0.1) is 0 Å². The number of hydrogen-bond acceptors (Lipinski definition) is 3. The van der Waals surface area contributed by atoms with Gasteiger partial charge < -0.3 is 0 Å². The molecule has 21 heavy (non-hydrogen) atoms. The van der Waals surface area contributed by atoms with Gasteiger partial charge in [0.05, 0.1) is 6.04 Å². The summed E-state index contributed by atoms with van der Waals surface area (Å²) in [6, 6.07) is 15.5. The quantitative estimate of drug-likeness (QED) is 0.567. The van der Waals surface area contributed by atoms with Gasteiger partial charge in [0.25, 0.3) is 0 Å². The first-order valence-corrected chi connectivity index (χ1v) is 8.29. The van der Waals surface area contributed by atoms with Crippen molar-refractivity contribution < 1.29 is 0 Å². The highest BCUT2D eigenvalue weighted by molar-refractivity contribution is 7.17. The molecule has 2 aromatic carbocycles. The Morgan fingerprint density at radius 1 is 1.05 bits per heavy atom. The minimum atomic E-state index is 0.0539. The van der Waals surface area contributed by atoms with E-state index in [4.69, 9.17) is 5.84 Å². The Kier molecular flexibility index (Phi) is 3.26. The van der Waals surface area contributed by atoms with Gasteiger partial charge in [-0.3, -0.25) is 5.84 Å². The third-order valence-corrected chi connectivity index (χ3v) is 5.42. The standard InChI is InChI=1S/C18H18N2S/c19-20-17(15-8-7-12-3-1-5-14(12)11-15)16-6-2-4-13-9-10-21-18(13)16/h2,4,6-11,17,20H,1,3,5,19H2. The van der Waals surface area contributed by atoms with Crippen LogP contribution in [0.4, 0.5) is 0 Å². The number of hydrogen-bond donors (Lipinski definition) is 2. The van der Waals surface area contributed by atoms with Gasteiger partial charge in [-0.2, -0.15) is 0 Å². The molecule has 1 unspecified atom stereocenters. The second kappa shape index (κ2) is 5.26. The molecule has 0 saturated carbocycles. The molecule has 0 aliphatic heterocycles.